The molecule has 114 valence electrons. The highest BCUT2D eigenvalue weighted by Crippen LogP contribution is 2.24. The number of sulfonamides is 1. The van der Waals surface area contributed by atoms with Gasteiger partial charge >= 0.3 is 0 Å². The summed E-state index contributed by atoms with van der Waals surface area (Å²) in [7, 11) is -2.37. The van der Waals surface area contributed by atoms with Crippen LogP contribution in [0.1, 0.15) is 16.7 Å². The molecule has 1 heterocycles. The average Bonchev–Trinajstić information content (AvgIpc) is 2.94. The van der Waals surface area contributed by atoms with Gasteiger partial charge in [-0.25, -0.2) is 12.8 Å². The van der Waals surface area contributed by atoms with Crippen LogP contribution in [0.2, 0.25) is 0 Å². The number of furan rings is 1. The van der Waals surface area contributed by atoms with Crippen molar-refractivity contribution in [2.24, 2.45) is 5.73 Å². The molecule has 0 saturated carbocycles. The number of nitrogens with zero attached hydrogens (tertiary/aromatic N) is 1. The topological polar surface area (TPSA) is 76.5 Å². The minimum absolute atomic E-state index is 0.0612. The maximum absolute atomic E-state index is 13.8. The van der Waals surface area contributed by atoms with Crippen molar-refractivity contribution in [2.75, 3.05) is 7.05 Å². The molecule has 7 heteroatoms. The van der Waals surface area contributed by atoms with Gasteiger partial charge < -0.3 is 10.2 Å². The molecule has 0 aliphatic rings. The zero-order valence-electron chi connectivity index (χ0n) is 11.8. The first-order valence-corrected chi connectivity index (χ1v) is 7.76. The molecular formula is C14H17FN2O3S. The molecule has 2 aromatic rings. The van der Waals surface area contributed by atoms with Crippen molar-refractivity contribution in [1.82, 2.24) is 4.31 Å². The first-order valence-electron chi connectivity index (χ1n) is 6.32. The Labute approximate surface area is 123 Å². The first-order chi connectivity index (χ1) is 9.86. The smallest absolute Gasteiger partial charge is 0.243 e. The zero-order valence-corrected chi connectivity index (χ0v) is 12.7. The van der Waals surface area contributed by atoms with Crippen LogP contribution >= 0.6 is 0 Å². The lowest BCUT2D eigenvalue weighted by Gasteiger charge is -2.18. The quantitative estimate of drug-likeness (QED) is 0.916. The highest BCUT2D eigenvalue weighted by molar-refractivity contribution is 7.89. The summed E-state index contributed by atoms with van der Waals surface area (Å²) in [5.41, 5.74) is 6.72. The van der Waals surface area contributed by atoms with Crippen LogP contribution in [0.25, 0.3) is 0 Å². The van der Waals surface area contributed by atoms with Crippen LogP contribution < -0.4 is 5.73 Å². The minimum atomic E-state index is -3.80. The van der Waals surface area contributed by atoms with Crippen molar-refractivity contribution in [3.63, 3.8) is 0 Å². The van der Waals surface area contributed by atoms with Crippen molar-refractivity contribution in [3.8, 4) is 0 Å². The van der Waals surface area contributed by atoms with Gasteiger partial charge in [0.15, 0.2) is 0 Å². The second-order valence-electron chi connectivity index (χ2n) is 4.80. The van der Waals surface area contributed by atoms with E-state index in [1.807, 2.05) is 0 Å². The van der Waals surface area contributed by atoms with E-state index in [-0.39, 0.29) is 23.5 Å². The molecule has 0 atom stereocenters. The molecule has 2 rings (SSSR count). The fourth-order valence-electron chi connectivity index (χ4n) is 1.99. The third kappa shape index (κ3) is 3.15. The predicted octanol–water partition coefficient (Wildman–Crippen LogP) is 2.01. The summed E-state index contributed by atoms with van der Waals surface area (Å²) in [6.45, 7) is 1.66. The maximum atomic E-state index is 13.8. The molecule has 0 amide bonds. The van der Waals surface area contributed by atoms with Crippen molar-refractivity contribution < 1.29 is 17.2 Å². The van der Waals surface area contributed by atoms with Gasteiger partial charge in [0.05, 0.1) is 17.4 Å². The summed E-state index contributed by atoms with van der Waals surface area (Å²) in [4.78, 5) is -0.0612. The van der Waals surface area contributed by atoms with Crippen LogP contribution in [0.4, 0.5) is 4.39 Å². The molecule has 0 saturated heterocycles. The van der Waals surface area contributed by atoms with Gasteiger partial charge in [0.2, 0.25) is 10.0 Å². The molecule has 2 N–H and O–H groups in total. The minimum Gasteiger partial charge on any atom is -0.472 e. The Morgan fingerprint density at radius 2 is 2.05 bits per heavy atom. The predicted molar refractivity (Wildman–Crippen MR) is 76.4 cm³/mol. The molecule has 0 aliphatic heterocycles. The van der Waals surface area contributed by atoms with Crippen LogP contribution in [-0.2, 0) is 23.1 Å². The van der Waals surface area contributed by atoms with Crippen LogP contribution in [0, 0.1) is 12.7 Å². The highest BCUT2D eigenvalue weighted by Gasteiger charge is 2.25. The van der Waals surface area contributed by atoms with Gasteiger partial charge in [-0.2, -0.15) is 4.31 Å². The first kappa shape index (κ1) is 15.7. The van der Waals surface area contributed by atoms with Crippen molar-refractivity contribution in [3.05, 3.63) is 53.2 Å². The fourth-order valence-corrected chi connectivity index (χ4v) is 3.42. The lowest BCUT2D eigenvalue weighted by molar-refractivity contribution is 0.461. The lowest BCUT2D eigenvalue weighted by atomic mass is 10.1. The molecule has 1 aromatic heterocycles. The number of hydrogen-bond acceptors (Lipinski definition) is 4. The molecule has 0 unspecified atom stereocenters. The number of halogens is 1. The number of nitrogens with two attached hydrogens (primary N) is 1. The normalized spacial score (nSPS) is 12.0. The molecular weight excluding hydrogens is 295 g/mol. The Morgan fingerprint density at radius 3 is 2.62 bits per heavy atom. The molecule has 0 bridgehead atoms. The van der Waals surface area contributed by atoms with Gasteiger partial charge in [-0.15, -0.1) is 0 Å². The number of rotatable bonds is 5. The van der Waals surface area contributed by atoms with Crippen molar-refractivity contribution in [2.45, 2.75) is 24.9 Å². The van der Waals surface area contributed by atoms with E-state index in [1.54, 1.807) is 6.07 Å². The third-order valence-electron chi connectivity index (χ3n) is 3.27. The Morgan fingerprint density at radius 1 is 1.33 bits per heavy atom. The van der Waals surface area contributed by atoms with E-state index in [2.05, 4.69) is 0 Å². The van der Waals surface area contributed by atoms with E-state index in [0.717, 1.165) is 4.31 Å². The Kier molecular flexibility index (Phi) is 4.46. The van der Waals surface area contributed by atoms with Crippen molar-refractivity contribution in [1.29, 1.82) is 0 Å². The van der Waals surface area contributed by atoms with Crippen LogP contribution in [0.5, 0.6) is 0 Å². The van der Waals surface area contributed by atoms with Crippen LogP contribution in [0.15, 0.2) is 40.0 Å². The molecule has 1 aromatic carbocycles. The van der Waals surface area contributed by atoms with E-state index >= 15 is 0 Å². The van der Waals surface area contributed by atoms with E-state index in [4.69, 9.17) is 10.2 Å². The SMILES string of the molecule is Cc1c(F)cc(CN)cc1S(=O)(=O)N(C)Cc1ccoc1. The fraction of sp³-hybridized carbons (Fsp3) is 0.286. The molecule has 0 radical (unpaired) electrons. The zero-order chi connectivity index (χ0) is 15.6. The summed E-state index contributed by atoms with van der Waals surface area (Å²) >= 11 is 0. The van der Waals surface area contributed by atoms with Gasteiger partial charge in [0.25, 0.3) is 0 Å². The number of benzene rings is 1. The molecule has 5 nitrogen and oxygen atoms in total. The summed E-state index contributed by atoms with van der Waals surface area (Å²) in [6.07, 6.45) is 2.94. The molecule has 21 heavy (non-hydrogen) atoms. The van der Waals surface area contributed by atoms with E-state index < -0.39 is 15.8 Å². The average molecular weight is 312 g/mol. The number of hydrogen-bond donors (Lipinski definition) is 1. The molecule has 0 spiro atoms. The Balaban J connectivity index is 2.41. The van der Waals surface area contributed by atoms with E-state index in [9.17, 15) is 12.8 Å². The summed E-state index contributed by atoms with van der Waals surface area (Å²) in [6, 6.07) is 4.35. The van der Waals surface area contributed by atoms with Gasteiger partial charge in [0, 0.05) is 31.3 Å². The van der Waals surface area contributed by atoms with Crippen molar-refractivity contribution >= 4 is 10.0 Å². The van der Waals surface area contributed by atoms with Gasteiger partial charge in [-0.3, -0.25) is 0 Å². The van der Waals surface area contributed by atoms with E-state index in [0.29, 0.717) is 11.1 Å². The van der Waals surface area contributed by atoms with E-state index in [1.165, 1.54) is 38.6 Å². The largest absolute Gasteiger partial charge is 0.472 e. The van der Waals surface area contributed by atoms with Gasteiger partial charge in [0.1, 0.15) is 5.82 Å². The second-order valence-corrected chi connectivity index (χ2v) is 6.81. The Bertz CT molecular complexity index is 727. The molecule has 0 aliphatic carbocycles. The Hall–Kier alpha value is -1.70. The summed E-state index contributed by atoms with van der Waals surface area (Å²) in [5.74, 6) is -0.576. The second kappa shape index (κ2) is 5.97. The monoisotopic (exact) mass is 312 g/mol. The van der Waals surface area contributed by atoms with Gasteiger partial charge in [-0.1, -0.05) is 0 Å². The summed E-state index contributed by atoms with van der Waals surface area (Å²) < 4.78 is 45.1. The van der Waals surface area contributed by atoms with Crippen LogP contribution in [-0.4, -0.2) is 19.8 Å². The summed E-state index contributed by atoms with van der Waals surface area (Å²) in [5, 5.41) is 0. The maximum Gasteiger partial charge on any atom is 0.243 e. The van der Waals surface area contributed by atoms with Crippen LogP contribution in [0.3, 0.4) is 0 Å². The third-order valence-corrected chi connectivity index (χ3v) is 5.20. The standard InChI is InChI=1S/C14H17FN2O3S/c1-10-13(15)5-12(7-16)6-14(10)21(18,19)17(2)8-11-3-4-20-9-11/h3-6,9H,7-8,16H2,1-2H3. The lowest BCUT2D eigenvalue weighted by Crippen LogP contribution is -2.27. The molecule has 0 fully saturated rings. The highest BCUT2D eigenvalue weighted by atomic mass is 32.2. The van der Waals surface area contributed by atoms with Gasteiger partial charge in [-0.05, 0) is 30.7 Å².